The van der Waals surface area contributed by atoms with Crippen molar-refractivity contribution in [2.45, 2.75) is 25.7 Å². The van der Waals surface area contributed by atoms with Gasteiger partial charge in [0.2, 0.25) is 0 Å². The van der Waals surface area contributed by atoms with Gasteiger partial charge in [-0.05, 0) is 42.9 Å². The molecule has 1 aliphatic heterocycles. The Hall–Kier alpha value is -1.02. The number of benzene rings is 1. The molecule has 2 heteroatoms. The monoisotopic (exact) mass is 189 g/mol. The van der Waals surface area contributed by atoms with Crippen molar-refractivity contribution in [3.63, 3.8) is 0 Å². The van der Waals surface area contributed by atoms with Gasteiger partial charge in [0.1, 0.15) is 0 Å². The van der Waals surface area contributed by atoms with Crippen LogP contribution in [0.25, 0.3) is 0 Å². The molecule has 0 aromatic heterocycles. The van der Waals surface area contributed by atoms with Crippen LogP contribution in [0.3, 0.4) is 0 Å². The molecule has 74 valence electrons. The fourth-order valence-electron chi connectivity index (χ4n) is 1.91. The molecule has 2 radical (unpaired) electrons. The van der Waals surface area contributed by atoms with Crippen LogP contribution in [0.4, 0.5) is 5.69 Å². The molecule has 2 nitrogen and oxygen atoms in total. The Labute approximate surface area is 85.1 Å². The maximum atomic E-state index is 9.60. The third-order valence-electron chi connectivity index (χ3n) is 2.93. The Morgan fingerprint density at radius 2 is 2.00 bits per heavy atom. The lowest BCUT2D eigenvalue weighted by Crippen LogP contribution is -2.14. The molecule has 0 bridgehead atoms. The third kappa shape index (κ3) is 1.90. The summed E-state index contributed by atoms with van der Waals surface area (Å²) in [7, 11) is 0. The summed E-state index contributed by atoms with van der Waals surface area (Å²) in [6, 6.07) is 6.00. The van der Waals surface area contributed by atoms with Crippen molar-refractivity contribution in [3.05, 3.63) is 29.3 Å². The quantitative estimate of drug-likeness (QED) is 0.668. The average Bonchev–Trinajstić information content (AvgIpc) is 2.23. The molecule has 1 saturated heterocycles. The van der Waals surface area contributed by atoms with Gasteiger partial charge in [0.15, 0.2) is 0 Å². The first-order valence-electron chi connectivity index (χ1n) is 5.14. The largest absolute Gasteiger partial charge is 0.381 e. The SMILES string of the molecule is Cc1ccc(C2CCOCC2)cc1[N]. The van der Waals surface area contributed by atoms with E-state index in [9.17, 15) is 5.73 Å². The zero-order chi connectivity index (χ0) is 9.97. The molecule has 0 atom stereocenters. The van der Waals surface area contributed by atoms with Gasteiger partial charge in [-0.2, -0.15) is 5.73 Å². The Morgan fingerprint density at radius 1 is 1.29 bits per heavy atom. The van der Waals surface area contributed by atoms with Crippen LogP contribution in [-0.2, 0) is 4.74 Å². The van der Waals surface area contributed by atoms with Crippen LogP contribution in [0.15, 0.2) is 18.2 Å². The maximum Gasteiger partial charge on any atom is 0.0889 e. The van der Waals surface area contributed by atoms with E-state index in [4.69, 9.17) is 4.74 Å². The molecule has 0 N–H and O–H groups in total. The second-order valence-electron chi connectivity index (χ2n) is 3.93. The van der Waals surface area contributed by atoms with E-state index in [2.05, 4.69) is 6.07 Å². The Balaban J connectivity index is 2.18. The predicted molar refractivity (Wildman–Crippen MR) is 55.8 cm³/mol. The van der Waals surface area contributed by atoms with E-state index in [0.29, 0.717) is 11.6 Å². The first-order chi connectivity index (χ1) is 6.77. The minimum atomic E-state index is 0.411. The summed E-state index contributed by atoms with van der Waals surface area (Å²) < 4.78 is 5.31. The van der Waals surface area contributed by atoms with Crippen LogP contribution < -0.4 is 5.73 Å². The lowest BCUT2D eigenvalue weighted by molar-refractivity contribution is 0.0853. The minimum Gasteiger partial charge on any atom is -0.381 e. The summed E-state index contributed by atoms with van der Waals surface area (Å²) in [6.45, 7) is 3.61. The molecule has 1 aromatic rings. The lowest BCUT2D eigenvalue weighted by atomic mass is 9.91. The standard InChI is InChI=1S/C12H15NO/c1-9-2-3-11(8-12(9)13)10-4-6-14-7-5-10/h2-3,8,10H,4-7H2,1H3. The van der Waals surface area contributed by atoms with Crippen molar-refractivity contribution < 1.29 is 4.74 Å². The highest BCUT2D eigenvalue weighted by molar-refractivity contribution is 5.46. The molecule has 2 rings (SSSR count). The second kappa shape index (κ2) is 4.01. The van der Waals surface area contributed by atoms with Crippen molar-refractivity contribution in [2.75, 3.05) is 13.2 Å². The molecular formula is C12H15NO. The smallest absolute Gasteiger partial charge is 0.0889 e. The Bertz CT molecular complexity index is 316. The van der Waals surface area contributed by atoms with Crippen LogP contribution in [0.5, 0.6) is 0 Å². The van der Waals surface area contributed by atoms with Gasteiger partial charge in [0.05, 0.1) is 5.69 Å². The molecule has 0 aliphatic carbocycles. The van der Waals surface area contributed by atoms with Gasteiger partial charge in [0.25, 0.3) is 0 Å². The van der Waals surface area contributed by atoms with Gasteiger partial charge in [-0.15, -0.1) is 0 Å². The van der Waals surface area contributed by atoms with E-state index in [-0.39, 0.29) is 0 Å². The highest BCUT2D eigenvalue weighted by atomic mass is 16.5. The van der Waals surface area contributed by atoms with Crippen molar-refractivity contribution in [3.8, 4) is 0 Å². The first kappa shape index (κ1) is 9.53. The number of rotatable bonds is 1. The summed E-state index contributed by atoms with van der Waals surface area (Å²) in [4.78, 5) is 0. The molecule has 0 saturated carbocycles. The van der Waals surface area contributed by atoms with E-state index < -0.39 is 0 Å². The van der Waals surface area contributed by atoms with E-state index in [1.165, 1.54) is 5.56 Å². The summed E-state index contributed by atoms with van der Waals surface area (Å²) >= 11 is 0. The predicted octanol–water partition coefficient (Wildman–Crippen LogP) is 2.59. The summed E-state index contributed by atoms with van der Waals surface area (Å²) in [6.07, 6.45) is 2.14. The molecule has 1 aromatic carbocycles. The van der Waals surface area contributed by atoms with E-state index >= 15 is 0 Å². The van der Waals surface area contributed by atoms with Crippen molar-refractivity contribution in [2.24, 2.45) is 0 Å². The molecule has 14 heavy (non-hydrogen) atoms. The molecular weight excluding hydrogens is 174 g/mol. The van der Waals surface area contributed by atoms with Gasteiger partial charge in [-0.3, -0.25) is 0 Å². The molecule has 0 amide bonds. The van der Waals surface area contributed by atoms with Gasteiger partial charge in [0, 0.05) is 13.2 Å². The van der Waals surface area contributed by atoms with Crippen molar-refractivity contribution in [1.29, 1.82) is 0 Å². The van der Waals surface area contributed by atoms with E-state index in [1.807, 2.05) is 19.1 Å². The fraction of sp³-hybridized carbons (Fsp3) is 0.500. The van der Waals surface area contributed by atoms with Gasteiger partial charge in [-0.25, -0.2) is 0 Å². The van der Waals surface area contributed by atoms with Crippen molar-refractivity contribution in [1.82, 2.24) is 5.73 Å². The van der Waals surface area contributed by atoms with E-state index in [1.54, 1.807) is 0 Å². The number of aryl methyl sites for hydroxylation is 1. The normalized spacial score (nSPS) is 18.4. The van der Waals surface area contributed by atoms with Gasteiger partial charge in [-0.1, -0.05) is 12.1 Å². The second-order valence-corrected chi connectivity index (χ2v) is 3.93. The van der Waals surface area contributed by atoms with E-state index in [0.717, 1.165) is 31.6 Å². The highest BCUT2D eigenvalue weighted by Gasteiger charge is 2.16. The number of ether oxygens (including phenoxy) is 1. The highest BCUT2D eigenvalue weighted by Crippen LogP contribution is 2.29. The number of nitrogens with zero attached hydrogens (tertiary/aromatic N) is 1. The lowest BCUT2D eigenvalue weighted by Gasteiger charge is -2.22. The van der Waals surface area contributed by atoms with Gasteiger partial charge < -0.3 is 4.74 Å². The summed E-state index contributed by atoms with van der Waals surface area (Å²) in [5.41, 5.74) is 12.2. The van der Waals surface area contributed by atoms with Crippen LogP contribution in [0.1, 0.15) is 29.9 Å². The maximum absolute atomic E-state index is 9.60. The molecule has 0 spiro atoms. The third-order valence-corrected chi connectivity index (χ3v) is 2.93. The van der Waals surface area contributed by atoms with Gasteiger partial charge >= 0.3 is 0 Å². The first-order valence-corrected chi connectivity index (χ1v) is 5.14. The van der Waals surface area contributed by atoms with Crippen LogP contribution in [0.2, 0.25) is 0 Å². The molecule has 1 aliphatic rings. The minimum absolute atomic E-state index is 0.411. The van der Waals surface area contributed by atoms with Crippen LogP contribution in [0, 0.1) is 6.92 Å². The molecule has 1 heterocycles. The summed E-state index contributed by atoms with van der Waals surface area (Å²) in [5.74, 6) is 0.565. The molecule has 1 fully saturated rings. The fourth-order valence-corrected chi connectivity index (χ4v) is 1.91. The average molecular weight is 189 g/mol. The number of hydrogen-bond acceptors (Lipinski definition) is 1. The molecule has 0 unspecified atom stereocenters. The summed E-state index contributed by atoms with van der Waals surface area (Å²) in [5, 5.41) is 0. The topological polar surface area (TPSA) is 31.5 Å². The Kier molecular flexibility index (Phi) is 2.73. The van der Waals surface area contributed by atoms with Crippen LogP contribution in [-0.4, -0.2) is 13.2 Å². The van der Waals surface area contributed by atoms with Crippen LogP contribution >= 0.6 is 0 Å². The zero-order valence-corrected chi connectivity index (χ0v) is 8.49. The van der Waals surface area contributed by atoms with Crippen molar-refractivity contribution >= 4 is 5.69 Å². The number of hydrogen-bond donors (Lipinski definition) is 0. The zero-order valence-electron chi connectivity index (χ0n) is 8.49. The Morgan fingerprint density at radius 3 is 2.64 bits per heavy atom.